The maximum Gasteiger partial charge on any atom is 0.305 e. The number of hydrogen-bond acceptors (Lipinski definition) is 5. The average molecular weight is 332 g/mol. The van der Waals surface area contributed by atoms with Crippen LogP contribution in [0, 0.1) is 0 Å². The third kappa shape index (κ3) is 6.41. The highest BCUT2D eigenvalue weighted by atomic mass is 32.3. The molecule has 0 bridgehead atoms. The highest BCUT2D eigenvalue weighted by molar-refractivity contribution is 8.10. The summed E-state index contributed by atoms with van der Waals surface area (Å²) >= 11 is 0. The lowest BCUT2D eigenvalue weighted by atomic mass is 9.92. The van der Waals surface area contributed by atoms with E-state index in [-0.39, 0.29) is 10.6 Å². The van der Waals surface area contributed by atoms with Crippen LogP contribution in [0.4, 0.5) is 0 Å². The number of benzene rings is 1. The van der Waals surface area contributed by atoms with E-state index in [0.29, 0.717) is 6.42 Å². The third-order valence-corrected chi connectivity index (χ3v) is 5.27. The van der Waals surface area contributed by atoms with Crippen molar-refractivity contribution in [1.82, 2.24) is 0 Å². The van der Waals surface area contributed by atoms with Crippen LogP contribution >= 0.6 is 0 Å². The Hall–Kier alpha value is -1.18. The first-order chi connectivity index (χ1) is 9.85. The van der Waals surface area contributed by atoms with Crippen molar-refractivity contribution in [2.24, 2.45) is 0 Å². The van der Waals surface area contributed by atoms with Gasteiger partial charge in [-0.2, -0.15) is 16.8 Å². The Morgan fingerprint density at radius 3 is 2.38 bits per heavy atom. The van der Waals surface area contributed by atoms with E-state index in [1.54, 1.807) is 0 Å². The molecular weight excluding hydrogens is 312 g/mol. The maximum atomic E-state index is 11.7. The van der Waals surface area contributed by atoms with Gasteiger partial charge in [-0.3, -0.25) is 4.18 Å². The molecule has 7 heteroatoms. The first-order valence-corrected chi connectivity index (χ1v) is 9.38. The average Bonchev–Trinajstić information content (AvgIpc) is 2.42. The van der Waals surface area contributed by atoms with E-state index in [9.17, 15) is 16.8 Å². The van der Waals surface area contributed by atoms with Gasteiger partial charge in [0.2, 0.25) is 10.3 Å². The summed E-state index contributed by atoms with van der Waals surface area (Å²) < 4.78 is 49.7. The largest absolute Gasteiger partial charge is 0.305 e. The normalized spacial score (nSPS) is 14.4. The minimum absolute atomic E-state index is 0.152. The monoisotopic (exact) mass is 332 g/mol. The minimum Gasteiger partial charge on any atom is -0.262 e. The van der Waals surface area contributed by atoms with Crippen molar-refractivity contribution in [3.63, 3.8) is 0 Å². The fourth-order valence-corrected chi connectivity index (χ4v) is 3.61. The van der Waals surface area contributed by atoms with Crippen molar-refractivity contribution in [2.75, 3.05) is 0 Å². The lowest BCUT2D eigenvalue weighted by molar-refractivity contribution is 0.175. The summed E-state index contributed by atoms with van der Waals surface area (Å²) in [6, 6.07) is 9.42. The maximum absolute atomic E-state index is 11.7. The van der Waals surface area contributed by atoms with Crippen molar-refractivity contribution in [3.8, 4) is 0 Å². The minimum atomic E-state index is -4.20. The number of hydrogen-bond donors (Lipinski definition) is 0. The molecule has 0 amide bonds. The summed E-state index contributed by atoms with van der Waals surface area (Å²) in [7, 11) is -7.00. The van der Waals surface area contributed by atoms with Gasteiger partial charge in [-0.1, -0.05) is 57.0 Å². The molecule has 0 aliphatic carbocycles. The number of unbranched alkanes of at least 4 members (excludes halogenated alkanes) is 1. The molecule has 118 valence electrons. The predicted molar refractivity (Wildman–Crippen MR) is 83.2 cm³/mol. The second-order valence-corrected chi connectivity index (χ2v) is 7.29. The van der Waals surface area contributed by atoms with Gasteiger partial charge in [-0.15, -0.1) is 0 Å². The predicted octanol–water partition coefficient (Wildman–Crippen LogP) is 2.33. The molecule has 0 aliphatic heterocycles. The summed E-state index contributed by atoms with van der Waals surface area (Å²) in [6.07, 6.45) is 1.67. The lowest BCUT2D eigenvalue weighted by Crippen LogP contribution is -2.25. The van der Waals surface area contributed by atoms with Crippen LogP contribution in [-0.2, 0) is 24.6 Å². The zero-order valence-electron chi connectivity index (χ0n) is 12.1. The van der Waals surface area contributed by atoms with E-state index in [1.165, 1.54) is 0 Å². The zero-order valence-corrected chi connectivity index (χ0v) is 13.7. The molecular formula is C14H20O5S2. The van der Waals surface area contributed by atoms with Gasteiger partial charge in [0.05, 0.1) is 6.10 Å². The van der Waals surface area contributed by atoms with Crippen molar-refractivity contribution in [2.45, 2.75) is 45.1 Å². The Morgan fingerprint density at radius 1 is 1.24 bits per heavy atom. The molecule has 0 radical (unpaired) electrons. The highest BCUT2D eigenvalue weighted by Crippen LogP contribution is 2.26. The second-order valence-electron chi connectivity index (χ2n) is 4.83. The van der Waals surface area contributed by atoms with E-state index >= 15 is 0 Å². The van der Waals surface area contributed by atoms with Crippen molar-refractivity contribution in [1.29, 1.82) is 0 Å². The fraction of sp³-hybridized carbons (Fsp3) is 0.500. The molecule has 1 rings (SSSR count). The fourth-order valence-electron chi connectivity index (χ4n) is 2.05. The van der Waals surface area contributed by atoms with Gasteiger partial charge in [-0.25, -0.2) is 0 Å². The molecule has 0 heterocycles. The van der Waals surface area contributed by atoms with Gasteiger partial charge in [-0.05, 0) is 12.0 Å². The summed E-state index contributed by atoms with van der Waals surface area (Å²) in [5, 5.41) is 0. The molecule has 0 N–H and O–H groups in total. The molecule has 0 saturated carbocycles. The van der Waals surface area contributed by atoms with Crippen LogP contribution in [-0.4, -0.2) is 27.6 Å². The third-order valence-electron chi connectivity index (χ3n) is 3.18. The summed E-state index contributed by atoms with van der Waals surface area (Å²) in [4.78, 5) is 0. The van der Waals surface area contributed by atoms with E-state index in [1.807, 2.05) is 44.2 Å². The molecule has 1 aromatic rings. The number of rotatable bonds is 8. The molecule has 5 nitrogen and oxygen atoms in total. The van der Waals surface area contributed by atoms with Gasteiger partial charge in [0.15, 0.2) is 4.70 Å². The van der Waals surface area contributed by atoms with Gasteiger partial charge >= 0.3 is 10.1 Å². The zero-order chi connectivity index (χ0) is 15.9. The lowest BCUT2D eigenvalue weighted by Gasteiger charge is -2.23. The second kappa shape index (κ2) is 8.31. The van der Waals surface area contributed by atoms with Crippen LogP contribution < -0.4 is 0 Å². The molecule has 0 fully saturated rings. The molecule has 0 aromatic heterocycles. The van der Waals surface area contributed by atoms with E-state index in [4.69, 9.17) is 4.18 Å². The highest BCUT2D eigenvalue weighted by Gasteiger charge is 2.25. The van der Waals surface area contributed by atoms with Crippen LogP contribution in [0.3, 0.4) is 0 Å². The summed E-state index contributed by atoms with van der Waals surface area (Å²) in [5.41, 5.74) is 0.956. The van der Waals surface area contributed by atoms with Gasteiger partial charge in [0.25, 0.3) is 0 Å². The molecule has 2 unspecified atom stereocenters. The van der Waals surface area contributed by atoms with Crippen LogP contribution in [0.15, 0.2) is 30.3 Å². The van der Waals surface area contributed by atoms with Crippen LogP contribution in [0.25, 0.3) is 0 Å². The Bertz CT molecular complexity index is 655. The van der Waals surface area contributed by atoms with E-state index < -0.39 is 26.5 Å². The smallest absolute Gasteiger partial charge is 0.262 e. The van der Waals surface area contributed by atoms with Crippen LogP contribution in [0.2, 0.25) is 0 Å². The molecule has 0 saturated heterocycles. The standard InChI is InChI=1S/C14H20O5S2/c1-3-4-10-14(19-21(17,18)11-20(15)16)12(2)13-8-6-5-7-9-13/h5-9,11-12,14H,3-4,10H2,1-2H3. The molecule has 0 aliphatic rings. The van der Waals surface area contributed by atoms with Gasteiger partial charge < -0.3 is 0 Å². The van der Waals surface area contributed by atoms with Gasteiger partial charge in [0, 0.05) is 5.92 Å². The first kappa shape index (κ1) is 17.9. The van der Waals surface area contributed by atoms with E-state index in [0.717, 1.165) is 18.4 Å². The molecule has 1 aromatic carbocycles. The van der Waals surface area contributed by atoms with Crippen molar-refractivity contribution >= 4 is 25.1 Å². The van der Waals surface area contributed by atoms with E-state index in [2.05, 4.69) is 0 Å². The summed E-state index contributed by atoms with van der Waals surface area (Å²) in [6.45, 7) is 3.87. The molecule has 2 atom stereocenters. The quantitative estimate of drug-likeness (QED) is 0.539. The summed E-state index contributed by atoms with van der Waals surface area (Å²) in [5.74, 6) is -0.152. The van der Waals surface area contributed by atoms with Crippen molar-refractivity contribution in [3.05, 3.63) is 35.9 Å². The Labute approximate surface area is 127 Å². The first-order valence-electron chi connectivity index (χ1n) is 6.77. The Morgan fingerprint density at radius 2 is 1.86 bits per heavy atom. The SMILES string of the molecule is CCCCC(OS(=O)(=O)C=S(=O)=O)C(C)c1ccccc1. The Kier molecular flexibility index (Phi) is 7.07. The topological polar surface area (TPSA) is 77.5 Å². The van der Waals surface area contributed by atoms with Crippen molar-refractivity contribution < 1.29 is 21.0 Å². The van der Waals surface area contributed by atoms with Crippen LogP contribution in [0.1, 0.15) is 44.6 Å². The van der Waals surface area contributed by atoms with Crippen LogP contribution in [0.5, 0.6) is 0 Å². The molecule has 0 spiro atoms. The Balaban J connectivity index is 2.98. The van der Waals surface area contributed by atoms with Gasteiger partial charge in [0.1, 0.15) is 0 Å². The molecule has 21 heavy (non-hydrogen) atoms.